The SMILES string of the molecule is CC(C)C(N)C(=O)NC(CCC(N)=O)C(=O)NC(Cc1c[nH]c2ccccc12)C(=O)NC(CC(=O)O)C(=O)O. The lowest BCUT2D eigenvalue weighted by Gasteiger charge is -2.25. The Labute approximate surface area is 223 Å². The van der Waals surface area contributed by atoms with E-state index >= 15 is 0 Å². The first-order valence-electron chi connectivity index (χ1n) is 12.2. The van der Waals surface area contributed by atoms with Crippen molar-refractivity contribution in [3.8, 4) is 0 Å². The molecule has 4 unspecified atom stereocenters. The summed E-state index contributed by atoms with van der Waals surface area (Å²) in [7, 11) is 0. The monoisotopic (exact) mass is 546 g/mol. The number of hydrogen-bond acceptors (Lipinski definition) is 7. The first-order valence-corrected chi connectivity index (χ1v) is 12.2. The highest BCUT2D eigenvalue weighted by molar-refractivity contribution is 5.95. The van der Waals surface area contributed by atoms with Crippen LogP contribution in [-0.2, 0) is 35.2 Å². The number of H-pyrrole nitrogens is 1. The van der Waals surface area contributed by atoms with Crippen LogP contribution < -0.4 is 27.4 Å². The number of carbonyl (C=O) groups is 6. The predicted octanol–water partition coefficient (Wildman–Crippen LogP) is -1.03. The molecule has 0 fully saturated rings. The molecule has 0 aliphatic rings. The Hall–Kier alpha value is -4.46. The molecule has 0 radical (unpaired) electrons. The molecule has 14 heteroatoms. The maximum Gasteiger partial charge on any atom is 0.326 e. The molecule has 14 nitrogen and oxygen atoms in total. The second kappa shape index (κ2) is 13.9. The van der Waals surface area contributed by atoms with Crippen molar-refractivity contribution < 1.29 is 39.0 Å². The average Bonchev–Trinajstić information content (AvgIpc) is 3.27. The Bertz CT molecular complexity index is 1230. The number of aromatic nitrogens is 1. The van der Waals surface area contributed by atoms with Crippen LogP contribution in [0.15, 0.2) is 30.5 Å². The maximum atomic E-state index is 13.3. The van der Waals surface area contributed by atoms with Crippen LogP contribution in [0.3, 0.4) is 0 Å². The van der Waals surface area contributed by atoms with E-state index in [9.17, 15) is 33.9 Å². The molecule has 4 atom stereocenters. The molecule has 2 aromatic rings. The molecule has 212 valence electrons. The number of aromatic amines is 1. The zero-order valence-corrected chi connectivity index (χ0v) is 21.6. The Morgan fingerprint density at radius 2 is 1.49 bits per heavy atom. The van der Waals surface area contributed by atoms with Gasteiger partial charge in [-0.25, -0.2) is 4.79 Å². The summed E-state index contributed by atoms with van der Waals surface area (Å²) >= 11 is 0. The van der Waals surface area contributed by atoms with Crippen LogP contribution in [0, 0.1) is 5.92 Å². The fraction of sp³-hybridized carbons (Fsp3) is 0.440. The molecule has 0 aliphatic carbocycles. The summed E-state index contributed by atoms with van der Waals surface area (Å²) < 4.78 is 0. The number of carboxylic acids is 2. The number of aliphatic carboxylic acids is 2. The van der Waals surface area contributed by atoms with Crippen LogP contribution in [0.4, 0.5) is 0 Å². The Kier molecular flexibility index (Phi) is 11.0. The molecule has 0 saturated carbocycles. The van der Waals surface area contributed by atoms with Gasteiger partial charge in [-0.1, -0.05) is 32.0 Å². The number of hydrogen-bond donors (Lipinski definition) is 8. The smallest absolute Gasteiger partial charge is 0.326 e. The lowest BCUT2D eigenvalue weighted by Crippen LogP contribution is -2.58. The van der Waals surface area contributed by atoms with Gasteiger partial charge in [0.15, 0.2) is 0 Å². The Morgan fingerprint density at radius 3 is 2.08 bits per heavy atom. The molecule has 1 aromatic heterocycles. The van der Waals surface area contributed by atoms with E-state index in [1.807, 2.05) is 0 Å². The van der Waals surface area contributed by atoms with E-state index in [-0.39, 0.29) is 25.2 Å². The molecule has 10 N–H and O–H groups in total. The molecule has 4 amide bonds. The average molecular weight is 547 g/mol. The lowest BCUT2D eigenvalue weighted by molar-refractivity contribution is -0.147. The molecular weight excluding hydrogens is 512 g/mol. The van der Waals surface area contributed by atoms with Gasteiger partial charge in [0.2, 0.25) is 23.6 Å². The van der Waals surface area contributed by atoms with Crippen LogP contribution in [0.1, 0.15) is 38.7 Å². The van der Waals surface area contributed by atoms with Gasteiger partial charge in [0.1, 0.15) is 18.1 Å². The van der Waals surface area contributed by atoms with Crippen molar-refractivity contribution in [3.05, 3.63) is 36.0 Å². The Balaban J connectivity index is 2.35. The van der Waals surface area contributed by atoms with Crippen molar-refractivity contribution in [1.29, 1.82) is 0 Å². The lowest BCUT2D eigenvalue weighted by atomic mass is 10.0. The standard InChI is InChI=1S/C25H34N6O8/c1-12(2)21(27)24(37)29-16(7-8-19(26)32)22(35)30-17(23(36)31-18(25(38)39)10-20(33)34)9-13-11-28-15-6-4-3-5-14(13)15/h3-6,11-12,16-18,21,28H,7-10,27H2,1-2H3,(H2,26,32)(H,29,37)(H,30,35)(H,31,36)(H,33,34)(H,38,39). The third-order valence-electron chi connectivity index (χ3n) is 6.06. The normalized spacial score (nSPS) is 14.2. The number of amides is 4. The van der Waals surface area contributed by atoms with Crippen LogP contribution in [0.2, 0.25) is 0 Å². The van der Waals surface area contributed by atoms with E-state index in [1.165, 1.54) is 0 Å². The fourth-order valence-electron chi connectivity index (χ4n) is 3.78. The number of para-hydroxylation sites is 1. The first-order chi connectivity index (χ1) is 18.3. The van der Waals surface area contributed by atoms with Gasteiger partial charge in [0.05, 0.1) is 12.5 Å². The number of benzene rings is 1. The molecular formula is C25H34N6O8. The van der Waals surface area contributed by atoms with Crippen LogP contribution in [0.25, 0.3) is 10.9 Å². The third kappa shape index (κ3) is 9.10. The molecule has 39 heavy (non-hydrogen) atoms. The molecule has 0 bridgehead atoms. The van der Waals surface area contributed by atoms with Crippen LogP contribution in [-0.4, -0.2) is 74.9 Å². The fourth-order valence-corrected chi connectivity index (χ4v) is 3.78. The highest BCUT2D eigenvalue weighted by atomic mass is 16.4. The van der Waals surface area contributed by atoms with Gasteiger partial charge in [-0.2, -0.15) is 0 Å². The number of carbonyl (C=O) groups excluding carboxylic acids is 4. The minimum absolute atomic E-state index is 0.108. The molecule has 1 heterocycles. The molecule has 0 spiro atoms. The second-order valence-electron chi connectivity index (χ2n) is 9.46. The van der Waals surface area contributed by atoms with Crippen LogP contribution in [0.5, 0.6) is 0 Å². The van der Waals surface area contributed by atoms with Gasteiger partial charge in [-0.05, 0) is 24.0 Å². The number of rotatable bonds is 15. The van der Waals surface area contributed by atoms with E-state index in [0.29, 0.717) is 5.56 Å². The summed E-state index contributed by atoms with van der Waals surface area (Å²) in [5.74, 6) is -6.45. The largest absolute Gasteiger partial charge is 0.481 e. The van der Waals surface area contributed by atoms with E-state index in [0.717, 1.165) is 10.9 Å². The molecule has 0 aliphatic heterocycles. The van der Waals surface area contributed by atoms with Crippen molar-refractivity contribution in [2.45, 2.75) is 63.7 Å². The summed E-state index contributed by atoms with van der Waals surface area (Å²) in [5, 5.41) is 26.3. The first kappa shape index (κ1) is 30.8. The zero-order chi connectivity index (χ0) is 29.3. The maximum absolute atomic E-state index is 13.3. The third-order valence-corrected chi connectivity index (χ3v) is 6.06. The Morgan fingerprint density at radius 1 is 0.897 bits per heavy atom. The summed E-state index contributed by atoms with van der Waals surface area (Å²) in [6.07, 6.45) is 0.184. The van der Waals surface area contributed by atoms with E-state index in [1.54, 1.807) is 44.3 Å². The topological polar surface area (TPSA) is 247 Å². The summed E-state index contributed by atoms with van der Waals surface area (Å²) in [4.78, 5) is 76.0. The number of nitrogens with one attached hydrogen (secondary N) is 4. The van der Waals surface area contributed by atoms with Crippen LogP contribution >= 0.6 is 0 Å². The van der Waals surface area contributed by atoms with Gasteiger partial charge < -0.3 is 42.6 Å². The van der Waals surface area contributed by atoms with E-state index in [2.05, 4.69) is 20.9 Å². The second-order valence-corrected chi connectivity index (χ2v) is 9.46. The van der Waals surface area contributed by atoms with Gasteiger partial charge in [-0.15, -0.1) is 0 Å². The zero-order valence-electron chi connectivity index (χ0n) is 21.6. The van der Waals surface area contributed by atoms with Crippen molar-refractivity contribution in [2.75, 3.05) is 0 Å². The van der Waals surface area contributed by atoms with E-state index < -0.39 is 66.2 Å². The molecule has 1 aromatic carbocycles. The van der Waals surface area contributed by atoms with Crippen molar-refractivity contribution in [2.24, 2.45) is 17.4 Å². The number of fused-ring (bicyclic) bond motifs is 1. The van der Waals surface area contributed by atoms with Gasteiger partial charge in [-0.3, -0.25) is 24.0 Å². The number of nitrogens with two attached hydrogens (primary N) is 2. The van der Waals surface area contributed by atoms with Gasteiger partial charge in [0.25, 0.3) is 0 Å². The minimum atomic E-state index is -1.76. The molecule has 2 rings (SSSR count). The summed E-state index contributed by atoms with van der Waals surface area (Å²) in [6.45, 7) is 3.42. The van der Waals surface area contributed by atoms with Crippen molar-refractivity contribution in [1.82, 2.24) is 20.9 Å². The highest BCUT2D eigenvalue weighted by Crippen LogP contribution is 2.19. The van der Waals surface area contributed by atoms with Gasteiger partial charge >= 0.3 is 11.9 Å². The quantitative estimate of drug-likeness (QED) is 0.136. The summed E-state index contributed by atoms with van der Waals surface area (Å²) in [5.41, 5.74) is 12.4. The highest BCUT2D eigenvalue weighted by Gasteiger charge is 2.32. The number of carboxylic acid groups (broad SMARTS) is 2. The number of primary amides is 1. The minimum Gasteiger partial charge on any atom is -0.481 e. The van der Waals surface area contributed by atoms with Crippen molar-refractivity contribution in [3.63, 3.8) is 0 Å². The van der Waals surface area contributed by atoms with Crippen molar-refractivity contribution >= 4 is 46.5 Å². The van der Waals surface area contributed by atoms with E-state index in [4.69, 9.17) is 16.6 Å². The predicted molar refractivity (Wildman–Crippen MR) is 139 cm³/mol. The summed E-state index contributed by atoms with van der Waals surface area (Å²) in [6, 6.07) is 1.78. The van der Waals surface area contributed by atoms with Gasteiger partial charge in [0, 0.05) is 29.9 Å². The molecule has 0 saturated heterocycles.